The molecule has 0 radical (unpaired) electrons. The molecule has 0 aromatic heterocycles. The normalized spacial score (nSPS) is 13.7. The van der Waals surface area contributed by atoms with Crippen molar-refractivity contribution in [1.82, 2.24) is 0 Å². The lowest BCUT2D eigenvalue weighted by molar-refractivity contribution is -0.152. The second-order valence-electron chi connectivity index (χ2n) is 11.6. The van der Waals surface area contributed by atoms with Crippen molar-refractivity contribution >= 4 is 11.9 Å². The van der Waals surface area contributed by atoms with Gasteiger partial charge >= 0.3 is 11.9 Å². The van der Waals surface area contributed by atoms with E-state index in [0.29, 0.717) is 19.3 Å². The van der Waals surface area contributed by atoms with Gasteiger partial charge in [-0.1, -0.05) is 127 Å². The molecule has 0 saturated carbocycles. The molecule has 0 heterocycles. The Bertz CT molecular complexity index is 752. The van der Waals surface area contributed by atoms with E-state index in [1.807, 2.05) is 36.5 Å². The van der Waals surface area contributed by atoms with Gasteiger partial charge in [0.25, 0.3) is 0 Å². The molecule has 0 bridgehead atoms. The summed E-state index contributed by atoms with van der Waals surface area (Å²) in [5.74, 6) is 0.107. The maximum atomic E-state index is 11.9. The van der Waals surface area contributed by atoms with Crippen molar-refractivity contribution in [2.45, 2.75) is 149 Å². The molecule has 42 heavy (non-hydrogen) atoms. The van der Waals surface area contributed by atoms with E-state index in [2.05, 4.69) is 26.8 Å². The summed E-state index contributed by atoms with van der Waals surface area (Å²) in [6, 6.07) is 0. The van der Waals surface area contributed by atoms with E-state index < -0.39 is 12.2 Å². The molecule has 0 aromatic rings. The average molecular weight is 591 g/mol. The molecule has 0 saturated heterocycles. The van der Waals surface area contributed by atoms with Gasteiger partial charge < -0.3 is 19.7 Å². The topological polar surface area (TPSA) is 93.1 Å². The van der Waals surface area contributed by atoms with E-state index in [9.17, 15) is 19.8 Å². The Morgan fingerprint density at radius 2 is 1.26 bits per heavy atom. The zero-order valence-electron chi connectivity index (χ0n) is 27.0. The summed E-state index contributed by atoms with van der Waals surface area (Å²) in [6.45, 7) is 6.40. The van der Waals surface area contributed by atoms with Gasteiger partial charge in [0.2, 0.25) is 0 Å². The predicted molar refractivity (Wildman–Crippen MR) is 174 cm³/mol. The monoisotopic (exact) mass is 590 g/mol. The first-order chi connectivity index (χ1) is 20.3. The number of carbonyl (C=O) groups is 2. The highest BCUT2D eigenvalue weighted by Gasteiger charge is 2.12. The first-order valence-corrected chi connectivity index (χ1v) is 16.7. The largest absolute Gasteiger partial charge is 0.463 e. The maximum absolute atomic E-state index is 11.9. The van der Waals surface area contributed by atoms with Crippen LogP contribution >= 0.6 is 0 Å². The lowest BCUT2D eigenvalue weighted by atomic mass is 10.0. The zero-order chi connectivity index (χ0) is 31.1. The Kier molecular flexibility index (Phi) is 28.7. The van der Waals surface area contributed by atoms with E-state index in [1.165, 1.54) is 51.4 Å². The van der Waals surface area contributed by atoms with Crippen molar-refractivity contribution in [3.63, 3.8) is 0 Å². The predicted octanol–water partition coefficient (Wildman–Crippen LogP) is 8.72. The Labute approximate surface area is 257 Å². The zero-order valence-corrected chi connectivity index (χ0v) is 27.0. The number of unbranched alkanes of at least 4 members (excludes halogenated alkanes) is 10. The number of esters is 2. The fourth-order valence-electron chi connectivity index (χ4n) is 4.22. The first kappa shape index (κ1) is 39.8. The number of allylic oxidation sites excluding steroid dienone is 6. The number of hydrogen-bond acceptors (Lipinski definition) is 6. The van der Waals surface area contributed by atoms with Gasteiger partial charge in [-0.05, 0) is 50.9 Å². The minimum Gasteiger partial charge on any atom is -0.463 e. The Balaban J connectivity index is 3.67. The standard InChI is InChI=1S/C36H62O6/c1-4-5-6-7-10-16-21-26-33(37)27-22-17-12-9-14-19-24-29-36(40)42-31-34(38)30-41-35(39)28-23-18-13-8-11-15-20-25-32(2)3/h9-10,14,16-17,21-22,26,32-34,37-38H,4-8,11-13,15,18-20,23-25,27-31H2,1-3H3/b14-9+,16-10-,22-17-,26-21-/t33-,34-/m1/s1. The molecule has 0 aliphatic heterocycles. The smallest absolute Gasteiger partial charge is 0.305 e. The molecule has 0 unspecified atom stereocenters. The molecule has 0 spiro atoms. The molecule has 242 valence electrons. The molecule has 0 rings (SSSR count). The van der Waals surface area contributed by atoms with Crippen molar-refractivity contribution < 1.29 is 29.3 Å². The highest BCUT2D eigenvalue weighted by atomic mass is 16.6. The van der Waals surface area contributed by atoms with Crippen LogP contribution in [0.1, 0.15) is 136 Å². The van der Waals surface area contributed by atoms with Gasteiger partial charge in [-0.15, -0.1) is 0 Å². The third-order valence-corrected chi connectivity index (χ3v) is 6.83. The minimum absolute atomic E-state index is 0.151. The van der Waals surface area contributed by atoms with Crippen LogP contribution in [0.25, 0.3) is 0 Å². The second kappa shape index (κ2) is 30.3. The van der Waals surface area contributed by atoms with Crippen LogP contribution in [0.4, 0.5) is 0 Å². The molecule has 6 heteroatoms. The summed E-state index contributed by atoms with van der Waals surface area (Å²) in [4.78, 5) is 23.7. The first-order valence-electron chi connectivity index (χ1n) is 16.7. The van der Waals surface area contributed by atoms with E-state index >= 15 is 0 Å². The fraction of sp³-hybridized carbons (Fsp3) is 0.722. The number of hydrogen-bond donors (Lipinski definition) is 2. The van der Waals surface area contributed by atoms with Crippen molar-refractivity contribution in [2.24, 2.45) is 5.92 Å². The number of carbonyl (C=O) groups excluding carboxylic acids is 2. The van der Waals surface area contributed by atoms with E-state index in [1.54, 1.807) is 6.08 Å². The Morgan fingerprint density at radius 3 is 1.93 bits per heavy atom. The van der Waals surface area contributed by atoms with Crippen LogP contribution in [0, 0.1) is 5.92 Å². The molecule has 0 fully saturated rings. The molecular weight excluding hydrogens is 528 g/mol. The fourth-order valence-corrected chi connectivity index (χ4v) is 4.22. The summed E-state index contributed by atoms with van der Waals surface area (Å²) in [5, 5.41) is 19.9. The lowest BCUT2D eigenvalue weighted by Crippen LogP contribution is -2.25. The van der Waals surface area contributed by atoms with E-state index in [-0.39, 0.29) is 31.6 Å². The molecule has 2 N–H and O–H groups in total. The van der Waals surface area contributed by atoms with Gasteiger partial charge in [0.1, 0.15) is 19.3 Å². The molecule has 0 amide bonds. The summed E-state index contributed by atoms with van der Waals surface area (Å²) < 4.78 is 10.2. The number of aliphatic hydroxyl groups is 2. The Morgan fingerprint density at radius 1 is 0.667 bits per heavy atom. The second-order valence-corrected chi connectivity index (χ2v) is 11.6. The van der Waals surface area contributed by atoms with Crippen LogP contribution in [0.2, 0.25) is 0 Å². The van der Waals surface area contributed by atoms with Crippen molar-refractivity contribution in [1.29, 1.82) is 0 Å². The van der Waals surface area contributed by atoms with Gasteiger partial charge in [0.15, 0.2) is 0 Å². The van der Waals surface area contributed by atoms with Gasteiger partial charge in [0.05, 0.1) is 6.10 Å². The third-order valence-electron chi connectivity index (χ3n) is 6.83. The molecule has 0 aromatic carbocycles. The third kappa shape index (κ3) is 30.8. The summed E-state index contributed by atoms with van der Waals surface area (Å²) in [5.41, 5.74) is 0. The van der Waals surface area contributed by atoms with Crippen LogP contribution in [0.15, 0.2) is 48.6 Å². The molecule has 2 atom stereocenters. The quantitative estimate of drug-likeness (QED) is 0.0410. The van der Waals surface area contributed by atoms with Gasteiger partial charge in [0, 0.05) is 12.8 Å². The maximum Gasteiger partial charge on any atom is 0.305 e. The highest BCUT2D eigenvalue weighted by molar-refractivity contribution is 5.69. The van der Waals surface area contributed by atoms with Crippen LogP contribution < -0.4 is 0 Å². The van der Waals surface area contributed by atoms with Gasteiger partial charge in [-0.3, -0.25) is 9.59 Å². The highest BCUT2D eigenvalue weighted by Crippen LogP contribution is 2.13. The summed E-state index contributed by atoms with van der Waals surface area (Å²) in [6.07, 6.45) is 32.0. The average Bonchev–Trinajstić information content (AvgIpc) is 2.96. The molecule has 0 aliphatic carbocycles. The van der Waals surface area contributed by atoms with Gasteiger partial charge in [-0.2, -0.15) is 0 Å². The minimum atomic E-state index is -1.00. The van der Waals surface area contributed by atoms with E-state index in [4.69, 9.17) is 9.47 Å². The molecular formula is C36H62O6. The van der Waals surface area contributed by atoms with Crippen LogP contribution in [-0.4, -0.2) is 47.6 Å². The SMILES string of the molecule is CCCCC/C=C\C=C/[C@@H](O)C/C=C\C/C=C/CCCC(=O)OC[C@H](O)COC(=O)CCCCCCCCCC(C)C. The number of rotatable bonds is 28. The van der Waals surface area contributed by atoms with Crippen LogP contribution in [0.5, 0.6) is 0 Å². The summed E-state index contributed by atoms with van der Waals surface area (Å²) >= 11 is 0. The van der Waals surface area contributed by atoms with Gasteiger partial charge in [-0.25, -0.2) is 0 Å². The number of ether oxygens (including phenoxy) is 2. The van der Waals surface area contributed by atoms with Crippen LogP contribution in [-0.2, 0) is 19.1 Å². The van der Waals surface area contributed by atoms with Crippen LogP contribution in [0.3, 0.4) is 0 Å². The Hall–Kier alpha value is -2.18. The molecule has 0 aliphatic rings. The van der Waals surface area contributed by atoms with Crippen molar-refractivity contribution in [2.75, 3.05) is 13.2 Å². The van der Waals surface area contributed by atoms with E-state index in [0.717, 1.165) is 44.4 Å². The lowest BCUT2D eigenvalue weighted by Gasteiger charge is -2.12. The van der Waals surface area contributed by atoms with Crippen molar-refractivity contribution in [3.8, 4) is 0 Å². The molecule has 6 nitrogen and oxygen atoms in total. The number of aliphatic hydroxyl groups excluding tert-OH is 2. The van der Waals surface area contributed by atoms with Crippen molar-refractivity contribution in [3.05, 3.63) is 48.6 Å². The summed E-state index contributed by atoms with van der Waals surface area (Å²) in [7, 11) is 0.